The molecule has 9 heteroatoms. The lowest BCUT2D eigenvalue weighted by Crippen LogP contribution is -2.46. The van der Waals surface area contributed by atoms with Gasteiger partial charge in [-0.05, 0) is 0 Å². The number of aliphatic carboxylic acids is 1. The number of carboxylic acids is 1. The molecule has 1 aliphatic heterocycles. The molecule has 0 radical (unpaired) electrons. The minimum Gasteiger partial charge on any atom is -0.480 e. The van der Waals surface area contributed by atoms with E-state index in [9.17, 15) is 19.2 Å². The van der Waals surface area contributed by atoms with Crippen LogP contribution in [0.15, 0.2) is 0 Å². The van der Waals surface area contributed by atoms with Gasteiger partial charge >= 0.3 is 5.97 Å². The lowest BCUT2D eigenvalue weighted by molar-refractivity contribution is -0.146. The standard InChI is InChI=1S/C9H13N3O5S/c10-6(13)1-11(3-9(16)17)7(14)2-12-5-18-4-8(12)15/h1-5H2,(H2,10,13)(H,16,17). The molecule has 0 spiro atoms. The molecule has 0 aromatic heterocycles. The summed E-state index contributed by atoms with van der Waals surface area (Å²) < 4.78 is 0. The van der Waals surface area contributed by atoms with Crippen molar-refractivity contribution in [1.82, 2.24) is 9.80 Å². The van der Waals surface area contributed by atoms with Crippen molar-refractivity contribution in [2.75, 3.05) is 31.3 Å². The summed E-state index contributed by atoms with van der Waals surface area (Å²) in [4.78, 5) is 46.5. The number of primary amides is 1. The summed E-state index contributed by atoms with van der Waals surface area (Å²) in [6, 6.07) is 0. The summed E-state index contributed by atoms with van der Waals surface area (Å²) in [5.41, 5.74) is 4.93. The third-order valence-electron chi connectivity index (χ3n) is 2.18. The van der Waals surface area contributed by atoms with E-state index in [0.717, 1.165) is 4.90 Å². The Hall–Kier alpha value is -1.77. The van der Waals surface area contributed by atoms with Crippen molar-refractivity contribution in [2.45, 2.75) is 0 Å². The molecule has 0 aromatic rings. The van der Waals surface area contributed by atoms with Gasteiger partial charge in [0, 0.05) is 0 Å². The Kier molecular flexibility index (Phi) is 4.95. The molecule has 1 saturated heterocycles. The highest BCUT2D eigenvalue weighted by Crippen LogP contribution is 2.14. The number of nitrogens with two attached hydrogens (primary N) is 1. The predicted molar refractivity (Wildman–Crippen MR) is 62.4 cm³/mol. The Balaban J connectivity index is 2.60. The van der Waals surface area contributed by atoms with Crippen molar-refractivity contribution in [3.63, 3.8) is 0 Å². The van der Waals surface area contributed by atoms with E-state index in [0.29, 0.717) is 11.6 Å². The first-order valence-corrected chi connectivity index (χ1v) is 6.19. The van der Waals surface area contributed by atoms with Gasteiger partial charge in [-0.25, -0.2) is 0 Å². The number of rotatable bonds is 6. The lowest BCUT2D eigenvalue weighted by atomic mass is 10.4. The molecular formula is C9H13N3O5S. The van der Waals surface area contributed by atoms with Crippen molar-refractivity contribution >= 4 is 35.5 Å². The fraction of sp³-hybridized carbons (Fsp3) is 0.556. The zero-order chi connectivity index (χ0) is 13.7. The maximum atomic E-state index is 11.8. The van der Waals surface area contributed by atoms with Gasteiger partial charge in [-0.15, -0.1) is 11.8 Å². The topological polar surface area (TPSA) is 121 Å². The Morgan fingerprint density at radius 3 is 2.50 bits per heavy atom. The SMILES string of the molecule is NC(=O)CN(CC(=O)O)C(=O)CN1CSCC1=O. The minimum atomic E-state index is -1.24. The molecule has 100 valence electrons. The van der Waals surface area contributed by atoms with Gasteiger partial charge in [-0.1, -0.05) is 0 Å². The average molecular weight is 275 g/mol. The van der Waals surface area contributed by atoms with Gasteiger partial charge in [0.2, 0.25) is 17.7 Å². The number of amides is 3. The van der Waals surface area contributed by atoms with E-state index in [1.54, 1.807) is 0 Å². The zero-order valence-corrected chi connectivity index (χ0v) is 10.3. The Bertz CT molecular complexity index is 370. The third-order valence-corrected chi connectivity index (χ3v) is 3.12. The normalized spacial score (nSPS) is 14.7. The van der Waals surface area contributed by atoms with Crippen LogP contribution in [0.2, 0.25) is 0 Å². The van der Waals surface area contributed by atoms with Crippen molar-refractivity contribution in [1.29, 1.82) is 0 Å². The van der Waals surface area contributed by atoms with Crippen LogP contribution in [0.4, 0.5) is 0 Å². The maximum Gasteiger partial charge on any atom is 0.323 e. The van der Waals surface area contributed by atoms with Gasteiger partial charge in [-0.3, -0.25) is 19.2 Å². The van der Waals surface area contributed by atoms with Gasteiger partial charge < -0.3 is 20.6 Å². The molecule has 1 fully saturated rings. The highest BCUT2D eigenvalue weighted by Gasteiger charge is 2.26. The Morgan fingerprint density at radius 2 is 2.06 bits per heavy atom. The Labute approximate surface area is 107 Å². The number of carboxylic acid groups (broad SMARTS) is 1. The zero-order valence-electron chi connectivity index (χ0n) is 9.50. The van der Waals surface area contributed by atoms with E-state index in [-0.39, 0.29) is 12.5 Å². The van der Waals surface area contributed by atoms with Gasteiger partial charge in [0.1, 0.15) is 13.1 Å². The highest BCUT2D eigenvalue weighted by molar-refractivity contribution is 8.00. The average Bonchev–Trinajstić information content (AvgIpc) is 2.62. The largest absolute Gasteiger partial charge is 0.480 e. The van der Waals surface area contributed by atoms with Crippen LogP contribution >= 0.6 is 11.8 Å². The maximum absolute atomic E-state index is 11.8. The molecule has 0 aromatic carbocycles. The van der Waals surface area contributed by atoms with Crippen LogP contribution < -0.4 is 5.73 Å². The molecule has 1 rings (SSSR count). The van der Waals surface area contributed by atoms with Crippen LogP contribution in [0.3, 0.4) is 0 Å². The van der Waals surface area contributed by atoms with E-state index < -0.39 is 30.9 Å². The van der Waals surface area contributed by atoms with E-state index in [4.69, 9.17) is 10.8 Å². The fourth-order valence-corrected chi connectivity index (χ4v) is 2.29. The number of hydrogen-bond donors (Lipinski definition) is 2. The number of nitrogens with zero attached hydrogens (tertiary/aromatic N) is 2. The van der Waals surface area contributed by atoms with E-state index in [1.165, 1.54) is 16.7 Å². The fourth-order valence-electron chi connectivity index (χ4n) is 1.39. The second-order valence-electron chi connectivity index (χ2n) is 3.68. The first-order chi connectivity index (χ1) is 8.40. The smallest absolute Gasteiger partial charge is 0.323 e. The van der Waals surface area contributed by atoms with Gasteiger partial charge in [0.05, 0.1) is 18.2 Å². The van der Waals surface area contributed by atoms with Gasteiger partial charge in [-0.2, -0.15) is 0 Å². The molecule has 0 aliphatic carbocycles. The number of carbonyl (C=O) groups is 4. The highest BCUT2D eigenvalue weighted by atomic mass is 32.2. The van der Waals surface area contributed by atoms with E-state index >= 15 is 0 Å². The molecule has 0 saturated carbocycles. The second kappa shape index (κ2) is 6.24. The number of carbonyl (C=O) groups excluding carboxylic acids is 3. The number of thioether (sulfide) groups is 1. The third kappa shape index (κ3) is 4.24. The summed E-state index contributed by atoms with van der Waals surface area (Å²) in [6.07, 6.45) is 0. The lowest BCUT2D eigenvalue weighted by Gasteiger charge is -2.22. The first kappa shape index (κ1) is 14.3. The van der Waals surface area contributed by atoms with Crippen molar-refractivity contribution in [3.8, 4) is 0 Å². The quantitative estimate of drug-likeness (QED) is 0.573. The molecule has 0 bridgehead atoms. The molecule has 0 unspecified atom stereocenters. The predicted octanol–water partition coefficient (Wildman–Crippen LogP) is -2.08. The summed E-state index contributed by atoms with van der Waals surface area (Å²) in [5.74, 6) is -2.13. The molecule has 1 heterocycles. The molecule has 1 aliphatic rings. The van der Waals surface area contributed by atoms with Crippen LogP contribution in [-0.4, -0.2) is 69.9 Å². The minimum absolute atomic E-state index is 0.178. The van der Waals surface area contributed by atoms with Crippen LogP contribution in [0.25, 0.3) is 0 Å². The van der Waals surface area contributed by atoms with Gasteiger partial charge in [0.15, 0.2) is 0 Å². The molecule has 3 N–H and O–H groups in total. The van der Waals surface area contributed by atoms with Crippen LogP contribution in [0, 0.1) is 0 Å². The monoisotopic (exact) mass is 275 g/mol. The van der Waals surface area contributed by atoms with Crippen molar-refractivity contribution in [2.24, 2.45) is 5.73 Å². The van der Waals surface area contributed by atoms with Crippen molar-refractivity contribution in [3.05, 3.63) is 0 Å². The van der Waals surface area contributed by atoms with E-state index in [2.05, 4.69) is 0 Å². The number of hydrogen-bond acceptors (Lipinski definition) is 5. The van der Waals surface area contributed by atoms with Gasteiger partial charge in [0.25, 0.3) is 0 Å². The molecular weight excluding hydrogens is 262 g/mol. The summed E-state index contributed by atoms with van der Waals surface area (Å²) in [6.45, 7) is -1.32. The van der Waals surface area contributed by atoms with Crippen LogP contribution in [-0.2, 0) is 19.2 Å². The molecule has 18 heavy (non-hydrogen) atoms. The summed E-state index contributed by atoms with van der Waals surface area (Å²) >= 11 is 1.37. The molecule has 8 nitrogen and oxygen atoms in total. The molecule has 3 amide bonds. The first-order valence-electron chi connectivity index (χ1n) is 5.03. The Morgan fingerprint density at radius 1 is 1.39 bits per heavy atom. The van der Waals surface area contributed by atoms with Crippen LogP contribution in [0.5, 0.6) is 0 Å². The summed E-state index contributed by atoms with van der Waals surface area (Å²) in [5, 5.41) is 8.63. The second-order valence-corrected chi connectivity index (χ2v) is 4.63. The van der Waals surface area contributed by atoms with Crippen molar-refractivity contribution < 1.29 is 24.3 Å². The van der Waals surface area contributed by atoms with Crippen LogP contribution in [0.1, 0.15) is 0 Å². The van der Waals surface area contributed by atoms with E-state index in [1.807, 2.05) is 0 Å². The summed E-state index contributed by atoms with van der Waals surface area (Å²) in [7, 11) is 0. The molecule has 0 atom stereocenters.